The fourth-order valence-electron chi connectivity index (χ4n) is 1.76. The van der Waals surface area contributed by atoms with Crippen LogP contribution in [-0.4, -0.2) is 25.8 Å². The molecule has 0 aliphatic carbocycles. The van der Waals surface area contributed by atoms with Gasteiger partial charge in [0.2, 0.25) is 0 Å². The maximum atomic E-state index is 5.77. The maximum absolute atomic E-state index is 5.77. The molecular weight excluding hydrogens is 198 g/mol. The van der Waals surface area contributed by atoms with Crippen molar-refractivity contribution in [1.82, 2.24) is 5.32 Å². The van der Waals surface area contributed by atoms with Crippen molar-refractivity contribution < 1.29 is 4.74 Å². The predicted molar refractivity (Wildman–Crippen MR) is 72.0 cm³/mol. The average molecular weight is 229 g/mol. The SMILES string of the molecule is CCCCCCCOC(C)CCCNCC. The van der Waals surface area contributed by atoms with Gasteiger partial charge in [0.15, 0.2) is 0 Å². The van der Waals surface area contributed by atoms with Crippen molar-refractivity contribution >= 4 is 0 Å². The third kappa shape index (κ3) is 12.0. The number of unbranched alkanes of at least 4 members (excludes halogenated alkanes) is 4. The van der Waals surface area contributed by atoms with Crippen molar-refractivity contribution in [3.05, 3.63) is 0 Å². The molecule has 0 aromatic carbocycles. The van der Waals surface area contributed by atoms with Crippen molar-refractivity contribution in [2.24, 2.45) is 0 Å². The van der Waals surface area contributed by atoms with Gasteiger partial charge in [-0.05, 0) is 39.3 Å². The molecule has 0 rings (SSSR count). The Morgan fingerprint density at radius 2 is 1.75 bits per heavy atom. The van der Waals surface area contributed by atoms with Crippen LogP contribution in [0.5, 0.6) is 0 Å². The maximum Gasteiger partial charge on any atom is 0.0547 e. The second-order valence-electron chi connectivity index (χ2n) is 4.59. The molecule has 2 heteroatoms. The molecule has 98 valence electrons. The van der Waals surface area contributed by atoms with Crippen molar-refractivity contribution in [2.45, 2.75) is 71.8 Å². The van der Waals surface area contributed by atoms with Crippen LogP contribution in [0.2, 0.25) is 0 Å². The van der Waals surface area contributed by atoms with Crippen LogP contribution < -0.4 is 5.32 Å². The Hall–Kier alpha value is -0.0800. The zero-order chi connectivity index (χ0) is 12.1. The van der Waals surface area contributed by atoms with Gasteiger partial charge in [0.05, 0.1) is 6.10 Å². The van der Waals surface area contributed by atoms with Crippen LogP contribution in [0.15, 0.2) is 0 Å². The topological polar surface area (TPSA) is 21.3 Å². The Kier molecular flexibility index (Phi) is 12.9. The van der Waals surface area contributed by atoms with Gasteiger partial charge in [-0.25, -0.2) is 0 Å². The molecular formula is C14H31NO. The fourth-order valence-corrected chi connectivity index (χ4v) is 1.76. The lowest BCUT2D eigenvalue weighted by molar-refractivity contribution is 0.0562. The van der Waals surface area contributed by atoms with Crippen LogP contribution in [0.25, 0.3) is 0 Å². The Balaban J connectivity index is 3.08. The van der Waals surface area contributed by atoms with Crippen molar-refractivity contribution in [3.63, 3.8) is 0 Å². The number of hydrogen-bond donors (Lipinski definition) is 1. The van der Waals surface area contributed by atoms with E-state index in [1.807, 2.05) is 0 Å². The van der Waals surface area contributed by atoms with E-state index >= 15 is 0 Å². The summed E-state index contributed by atoms with van der Waals surface area (Å²) in [5.41, 5.74) is 0. The van der Waals surface area contributed by atoms with Crippen LogP contribution >= 0.6 is 0 Å². The van der Waals surface area contributed by atoms with E-state index in [0.717, 1.165) is 19.7 Å². The normalized spacial score (nSPS) is 12.9. The summed E-state index contributed by atoms with van der Waals surface area (Å²) in [5, 5.41) is 3.34. The molecule has 16 heavy (non-hydrogen) atoms. The zero-order valence-electron chi connectivity index (χ0n) is 11.6. The molecule has 0 bridgehead atoms. The van der Waals surface area contributed by atoms with E-state index < -0.39 is 0 Å². The second kappa shape index (κ2) is 13.0. The summed E-state index contributed by atoms with van der Waals surface area (Å²) in [7, 11) is 0. The molecule has 0 aliphatic rings. The van der Waals surface area contributed by atoms with Gasteiger partial charge in [-0.15, -0.1) is 0 Å². The lowest BCUT2D eigenvalue weighted by atomic mass is 10.1. The monoisotopic (exact) mass is 229 g/mol. The van der Waals surface area contributed by atoms with E-state index in [9.17, 15) is 0 Å². The van der Waals surface area contributed by atoms with Crippen LogP contribution in [0.1, 0.15) is 65.7 Å². The van der Waals surface area contributed by atoms with Gasteiger partial charge in [-0.3, -0.25) is 0 Å². The van der Waals surface area contributed by atoms with Crippen LogP contribution in [0.3, 0.4) is 0 Å². The summed E-state index contributed by atoms with van der Waals surface area (Å²) in [6.07, 6.45) is 9.47. The molecule has 0 aromatic heterocycles. The average Bonchev–Trinajstić information content (AvgIpc) is 2.29. The Morgan fingerprint density at radius 1 is 1.00 bits per heavy atom. The van der Waals surface area contributed by atoms with Crippen LogP contribution in [-0.2, 0) is 4.74 Å². The highest BCUT2D eigenvalue weighted by molar-refractivity contribution is 4.53. The summed E-state index contributed by atoms with van der Waals surface area (Å²) in [6.45, 7) is 9.75. The highest BCUT2D eigenvalue weighted by atomic mass is 16.5. The second-order valence-corrected chi connectivity index (χ2v) is 4.59. The van der Waals surface area contributed by atoms with E-state index in [1.165, 1.54) is 44.9 Å². The number of hydrogen-bond acceptors (Lipinski definition) is 2. The fraction of sp³-hybridized carbons (Fsp3) is 1.00. The molecule has 1 atom stereocenters. The molecule has 0 aromatic rings. The molecule has 0 spiro atoms. The molecule has 0 heterocycles. The molecule has 0 aliphatic heterocycles. The summed E-state index contributed by atoms with van der Waals surface area (Å²) >= 11 is 0. The molecule has 0 saturated carbocycles. The Bertz CT molecular complexity index is 128. The molecule has 0 fully saturated rings. The Morgan fingerprint density at radius 3 is 2.44 bits per heavy atom. The molecule has 0 saturated heterocycles. The number of nitrogens with one attached hydrogen (secondary N) is 1. The summed E-state index contributed by atoms with van der Waals surface area (Å²) in [4.78, 5) is 0. The molecule has 1 N–H and O–H groups in total. The molecule has 0 radical (unpaired) electrons. The minimum absolute atomic E-state index is 0.435. The first kappa shape index (κ1) is 15.9. The number of rotatable bonds is 12. The lowest BCUT2D eigenvalue weighted by Crippen LogP contribution is -2.17. The van der Waals surface area contributed by atoms with Crippen molar-refractivity contribution in [3.8, 4) is 0 Å². The van der Waals surface area contributed by atoms with Gasteiger partial charge >= 0.3 is 0 Å². The molecule has 1 unspecified atom stereocenters. The zero-order valence-corrected chi connectivity index (χ0v) is 11.6. The highest BCUT2D eigenvalue weighted by Crippen LogP contribution is 2.05. The van der Waals surface area contributed by atoms with Crippen molar-refractivity contribution in [2.75, 3.05) is 19.7 Å². The summed E-state index contributed by atoms with van der Waals surface area (Å²) in [5.74, 6) is 0. The smallest absolute Gasteiger partial charge is 0.0547 e. The van der Waals surface area contributed by atoms with Gasteiger partial charge in [-0.1, -0.05) is 39.5 Å². The van der Waals surface area contributed by atoms with Gasteiger partial charge in [0, 0.05) is 6.61 Å². The van der Waals surface area contributed by atoms with E-state index in [2.05, 4.69) is 26.1 Å². The standard InChI is InChI=1S/C14H31NO/c1-4-6-7-8-9-13-16-14(3)11-10-12-15-5-2/h14-15H,4-13H2,1-3H3. The predicted octanol–water partition coefficient (Wildman–Crippen LogP) is 3.75. The number of ether oxygens (including phenoxy) is 1. The van der Waals surface area contributed by atoms with E-state index in [4.69, 9.17) is 4.74 Å². The third-order valence-corrected chi connectivity index (χ3v) is 2.86. The van der Waals surface area contributed by atoms with E-state index in [1.54, 1.807) is 0 Å². The summed E-state index contributed by atoms with van der Waals surface area (Å²) in [6, 6.07) is 0. The van der Waals surface area contributed by atoms with E-state index in [0.29, 0.717) is 6.10 Å². The first-order valence-electron chi connectivity index (χ1n) is 7.13. The van der Waals surface area contributed by atoms with Crippen molar-refractivity contribution in [1.29, 1.82) is 0 Å². The van der Waals surface area contributed by atoms with Gasteiger partial charge in [0.25, 0.3) is 0 Å². The first-order chi connectivity index (χ1) is 7.81. The van der Waals surface area contributed by atoms with Gasteiger partial charge in [-0.2, -0.15) is 0 Å². The summed E-state index contributed by atoms with van der Waals surface area (Å²) < 4.78 is 5.77. The third-order valence-electron chi connectivity index (χ3n) is 2.86. The largest absolute Gasteiger partial charge is 0.379 e. The van der Waals surface area contributed by atoms with E-state index in [-0.39, 0.29) is 0 Å². The van der Waals surface area contributed by atoms with Gasteiger partial charge < -0.3 is 10.1 Å². The van der Waals surface area contributed by atoms with Crippen LogP contribution in [0.4, 0.5) is 0 Å². The molecule has 2 nitrogen and oxygen atoms in total. The van der Waals surface area contributed by atoms with Gasteiger partial charge in [0.1, 0.15) is 0 Å². The quantitative estimate of drug-likeness (QED) is 0.515. The highest BCUT2D eigenvalue weighted by Gasteiger charge is 2.01. The minimum Gasteiger partial charge on any atom is -0.379 e. The lowest BCUT2D eigenvalue weighted by Gasteiger charge is -2.12. The first-order valence-corrected chi connectivity index (χ1v) is 7.13. The van der Waals surface area contributed by atoms with Crippen LogP contribution in [0, 0.1) is 0 Å². The Labute approximate surface area is 102 Å². The minimum atomic E-state index is 0.435. The molecule has 0 amide bonds.